The van der Waals surface area contributed by atoms with Gasteiger partial charge in [0.25, 0.3) is 0 Å². The molecule has 0 aromatic heterocycles. The number of imide groups is 1. The number of benzene rings is 1. The van der Waals surface area contributed by atoms with Crippen molar-refractivity contribution < 1.29 is 14.4 Å². The SMILES string of the molecule is CC(C)(C)NC(=O)NC(=O)CN1CCC(C(=O)NCc2ccccc2)CC1. The minimum Gasteiger partial charge on any atom is -0.352 e. The van der Waals surface area contributed by atoms with E-state index in [2.05, 4.69) is 16.0 Å². The van der Waals surface area contributed by atoms with Crippen molar-refractivity contribution in [2.45, 2.75) is 45.7 Å². The third-order valence-electron chi connectivity index (χ3n) is 4.38. The van der Waals surface area contributed by atoms with E-state index in [1.165, 1.54) is 0 Å². The lowest BCUT2D eigenvalue weighted by Crippen LogP contribution is -2.51. The molecule has 0 bridgehead atoms. The maximum Gasteiger partial charge on any atom is 0.321 e. The van der Waals surface area contributed by atoms with Gasteiger partial charge in [-0.25, -0.2) is 4.79 Å². The van der Waals surface area contributed by atoms with Gasteiger partial charge in [-0.3, -0.25) is 19.8 Å². The molecular weight excluding hydrogens is 344 g/mol. The topological polar surface area (TPSA) is 90.5 Å². The highest BCUT2D eigenvalue weighted by molar-refractivity contribution is 5.95. The minimum atomic E-state index is -0.484. The monoisotopic (exact) mass is 374 g/mol. The summed E-state index contributed by atoms with van der Waals surface area (Å²) in [5.74, 6) is -0.298. The van der Waals surface area contributed by atoms with Gasteiger partial charge in [-0.1, -0.05) is 30.3 Å². The lowest BCUT2D eigenvalue weighted by Gasteiger charge is -2.30. The second-order valence-electron chi connectivity index (χ2n) is 8.01. The Balaban J connectivity index is 1.68. The van der Waals surface area contributed by atoms with Crippen molar-refractivity contribution in [2.24, 2.45) is 5.92 Å². The predicted molar refractivity (Wildman–Crippen MR) is 104 cm³/mol. The van der Waals surface area contributed by atoms with E-state index >= 15 is 0 Å². The van der Waals surface area contributed by atoms with Gasteiger partial charge in [0.2, 0.25) is 11.8 Å². The second kappa shape index (κ2) is 9.50. The molecule has 0 radical (unpaired) electrons. The van der Waals surface area contributed by atoms with E-state index in [1.54, 1.807) is 0 Å². The molecule has 1 aromatic carbocycles. The summed E-state index contributed by atoms with van der Waals surface area (Å²) in [6.45, 7) is 7.58. The molecule has 0 saturated carbocycles. The molecule has 0 atom stereocenters. The van der Waals surface area contributed by atoms with E-state index in [0.29, 0.717) is 32.5 Å². The van der Waals surface area contributed by atoms with Crippen LogP contribution in [0.4, 0.5) is 4.79 Å². The fraction of sp³-hybridized carbons (Fsp3) is 0.550. The van der Waals surface area contributed by atoms with Crippen molar-refractivity contribution in [2.75, 3.05) is 19.6 Å². The highest BCUT2D eigenvalue weighted by Gasteiger charge is 2.26. The number of amides is 4. The van der Waals surface area contributed by atoms with Gasteiger partial charge in [0.15, 0.2) is 0 Å². The van der Waals surface area contributed by atoms with Crippen LogP contribution in [0.15, 0.2) is 30.3 Å². The normalized spacial score (nSPS) is 15.8. The minimum absolute atomic E-state index is 0.0304. The van der Waals surface area contributed by atoms with E-state index in [0.717, 1.165) is 5.56 Å². The lowest BCUT2D eigenvalue weighted by atomic mass is 9.96. The van der Waals surface area contributed by atoms with Crippen LogP contribution in [0.3, 0.4) is 0 Å². The zero-order valence-electron chi connectivity index (χ0n) is 16.4. The number of hydrogen-bond acceptors (Lipinski definition) is 4. The molecule has 3 N–H and O–H groups in total. The molecule has 1 aliphatic rings. The Kier molecular flexibility index (Phi) is 7.36. The molecule has 1 heterocycles. The largest absolute Gasteiger partial charge is 0.352 e. The molecule has 0 aliphatic carbocycles. The van der Waals surface area contributed by atoms with Gasteiger partial charge in [-0.15, -0.1) is 0 Å². The molecule has 1 saturated heterocycles. The molecule has 1 fully saturated rings. The van der Waals surface area contributed by atoms with Gasteiger partial charge >= 0.3 is 6.03 Å². The first-order chi connectivity index (χ1) is 12.7. The number of likely N-dealkylation sites (tertiary alicyclic amines) is 1. The number of carbonyl (C=O) groups excluding carboxylic acids is 3. The number of nitrogens with one attached hydrogen (secondary N) is 3. The number of carbonyl (C=O) groups is 3. The summed E-state index contributed by atoms with van der Waals surface area (Å²) in [7, 11) is 0. The zero-order valence-corrected chi connectivity index (χ0v) is 16.4. The molecule has 4 amide bonds. The highest BCUT2D eigenvalue weighted by atomic mass is 16.2. The van der Waals surface area contributed by atoms with Crippen LogP contribution >= 0.6 is 0 Å². The van der Waals surface area contributed by atoms with Crippen LogP contribution in [0.25, 0.3) is 0 Å². The summed E-state index contributed by atoms with van der Waals surface area (Å²) in [5.41, 5.74) is 0.684. The number of piperidine rings is 1. The summed E-state index contributed by atoms with van der Waals surface area (Å²) in [6, 6.07) is 9.33. The second-order valence-corrected chi connectivity index (χ2v) is 8.01. The van der Waals surface area contributed by atoms with Gasteiger partial charge in [0.05, 0.1) is 6.54 Å². The number of hydrogen-bond donors (Lipinski definition) is 3. The fourth-order valence-electron chi connectivity index (χ4n) is 3.02. The van der Waals surface area contributed by atoms with Crippen molar-refractivity contribution >= 4 is 17.8 Å². The number of nitrogens with zero attached hydrogens (tertiary/aromatic N) is 1. The summed E-state index contributed by atoms with van der Waals surface area (Å²) in [5, 5.41) is 8.02. The molecule has 0 spiro atoms. The van der Waals surface area contributed by atoms with Gasteiger partial charge < -0.3 is 10.6 Å². The third-order valence-corrected chi connectivity index (χ3v) is 4.38. The first-order valence-corrected chi connectivity index (χ1v) is 9.39. The van der Waals surface area contributed by atoms with Gasteiger partial charge in [-0.05, 0) is 52.3 Å². The van der Waals surface area contributed by atoms with E-state index in [-0.39, 0.29) is 24.3 Å². The molecule has 2 rings (SSSR count). The molecule has 0 unspecified atom stereocenters. The van der Waals surface area contributed by atoms with Crippen molar-refractivity contribution in [1.29, 1.82) is 0 Å². The van der Waals surface area contributed by atoms with Gasteiger partial charge in [0.1, 0.15) is 0 Å². The molecule has 148 valence electrons. The summed E-state index contributed by atoms with van der Waals surface area (Å²) < 4.78 is 0. The number of urea groups is 1. The highest BCUT2D eigenvalue weighted by Crippen LogP contribution is 2.17. The maximum atomic E-state index is 12.3. The quantitative estimate of drug-likeness (QED) is 0.731. The standard InChI is InChI=1S/C20H30N4O3/c1-20(2,3)23-19(27)22-17(25)14-24-11-9-16(10-12-24)18(26)21-13-15-7-5-4-6-8-15/h4-8,16H,9-14H2,1-3H3,(H,21,26)(H2,22,23,25,27). The molecule has 1 aromatic rings. The average molecular weight is 374 g/mol. The van der Waals surface area contributed by atoms with Crippen LogP contribution < -0.4 is 16.0 Å². The van der Waals surface area contributed by atoms with Crippen LogP contribution in [-0.4, -0.2) is 47.9 Å². The number of rotatable bonds is 5. The smallest absolute Gasteiger partial charge is 0.321 e. The fourth-order valence-corrected chi connectivity index (χ4v) is 3.02. The van der Waals surface area contributed by atoms with Gasteiger partial charge in [0, 0.05) is 18.0 Å². The molecule has 27 heavy (non-hydrogen) atoms. The van der Waals surface area contributed by atoms with E-state index in [1.807, 2.05) is 56.0 Å². The van der Waals surface area contributed by atoms with Crippen molar-refractivity contribution in [3.63, 3.8) is 0 Å². The summed E-state index contributed by atoms with van der Waals surface area (Å²) in [6.07, 6.45) is 1.42. The Labute approximate surface area is 160 Å². The Morgan fingerprint density at radius 1 is 1.07 bits per heavy atom. The van der Waals surface area contributed by atoms with Crippen molar-refractivity contribution in [3.05, 3.63) is 35.9 Å². The van der Waals surface area contributed by atoms with Crippen LogP contribution in [0.1, 0.15) is 39.2 Å². The van der Waals surface area contributed by atoms with Crippen molar-refractivity contribution in [3.8, 4) is 0 Å². The zero-order chi connectivity index (χ0) is 19.9. The third kappa shape index (κ3) is 7.78. The van der Waals surface area contributed by atoms with Crippen LogP contribution in [0.2, 0.25) is 0 Å². The predicted octanol–water partition coefficient (Wildman–Crippen LogP) is 1.64. The van der Waals surface area contributed by atoms with Crippen LogP contribution in [0.5, 0.6) is 0 Å². The van der Waals surface area contributed by atoms with E-state index in [4.69, 9.17) is 0 Å². The summed E-state index contributed by atoms with van der Waals surface area (Å²) in [4.78, 5) is 38.0. The Bertz CT molecular complexity index is 647. The van der Waals surface area contributed by atoms with Crippen LogP contribution in [0, 0.1) is 5.92 Å². The van der Waals surface area contributed by atoms with E-state index < -0.39 is 11.6 Å². The van der Waals surface area contributed by atoms with Gasteiger partial charge in [-0.2, -0.15) is 0 Å². The molecule has 1 aliphatic heterocycles. The van der Waals surface area contributed by atoms with Crippen LogP contribution in [-0.2, 0) is 16.1 Å². The maximum absolute atomic E-state index is 12.3. The molecule has 7 heteroatoms. The molecule has 7 nitrogen and oxygen atoms in total. The average Bonchev–Trinajstić information content (AvgIpc) is 2.59. The Morgan fingerprint density at radius 2 is 1.70 bits per heavy atom. The van der Waals surface area contributed by atoms with Crippen molar-refractivity contribution in [1.82, 2.24) is 20.9 Å². The Morgan fingerprint density at radius 3 is 2.30 bits per heavy atom. The lowest BCUT2D eigenvalue weighted by molar-refractivity contribution is -0.126. The Hall–Kier alpha value is -2.41. The molecular formula is C20H30N4O3. The van der Waals surface area contributed by atoms with E-state index in [9.17, 15) is 14.4 Å². The summed E-state index contributed by atoms with van der Waals surface area (Å²) >= 11 is 0. The first-order valence-electron chi connectivity index (χ1n) is 9.39. The first kappa shape index (κ1) is 20.9.